The SMILES string of the molecule is CCC1=Cc2c(-c3cc(C(F)(F)F)cc(C(F)(F)F)c3)cc(C)cc2C1c1c(C)c2c(-c3cc(C(F)(F)F)cc(C(F)(F)F)c3)c3c1CC(C)=C3[Si]2(CC)CC. The first kappa shape index (κ1) is 40.0. The highest BCUT2D eigenvalue weighted by molar-refractivity contribution is 7.09. The summed E-state index contributed by atoms with van der Waals surface area (Å²) in [6, 6.07) is 7.96. The molecule has 56 heavy (non-hydrogen) atoms. The topological polar surface area (TPSA) is 0 Å². The number of halogens is 12. The second kappa shape index (κ2) is 12.9. The van der Waals surface area contributed by atoms with Crippen LogP contribution in [0.3, 0.4) is 0 Å². The lowest BCUT2D eigenvalue weighted by Crippen LogP contribution is -2.47. The summed E-state index contributed by atoms with van der Waals surface area (Å²) >= 11 is 0. The first-order valence-electron chi connectivity index (χ1n) is 18.2. The second-order valence-electron chi connectivity index (χ2n) is 15.2. The number of aryl methyl sites for hydroxylation is 1. The summed E-state index contributed by atoms with van der Waals surface area (Å²) in [5.74, 6) is -0.513. The van der Waals surface area contributed by atoms with Crippen LogP contribution in [0.5, 0.6) is 0 Å². The van der Waals surface area contributed by atoms with Crippen LogP contribution in [0.15, 0.2) is 59.7 Å². The summed E-state index contributed by atoms with van der Waals surface area (Å²) in [5.41, 5.74) is 1.10. The number of hydrogen-bond acceptors (Lipinski definition) is 0. The minimum Gasteiger partial charge on any atom is -0.166 e. The summed E-state index contributed by atoms with van der Waals surface area (Å²) in [4.78, 5) is 0. The van der Waals surface area contributed by atoms with Crippen LogP contribution in [0.4, 0.5) is 52.7 Å². The fraction of sp³-hybridized carbons (Fsp3) is 0.349. The van der Waals surface area contributed by atoms with Crippen LogP contribution in [0.25, 0.3) is 33.5 Å². The number of allylic oxidation sites excluding steroid dienone is 2. The van der Waals surface area contributed by atoms with Gasteiger partial charge in [-0.05, 0) is 136 Å². The lowest BCUT2D eigenvalue weighted by molar-refractivity contribution is -0.144. The lowest BCUT2D eigenvalue weighted by atomic mass is 9.78. The maximum Gasteiger partial charge on any atom is 0.416 e. The molecular formula is C43H36F12Si. The van der Waals surface area contributed by atoms with Crippen LogP contribution in [0.2, 0.25) is 12.1 Å². The van der Waals surface area contributed by atoms with E-state index in [1.807, 2.05) is 46.8 Å². The first-order valence-corrected chi connectivity index (χ1v) is 20.6. The molecule has 1 aliphatic heterocycles. The molecule has 0 radical (unpaired) electrons. The molecule has 4 aromatic carbocycles. The van der Waals surface area contributed by atoms with Gasteiger partial charge in [0.05, 0.1) is 22.3 Å². The van der Waals surface area contributed by atoms with Gasteiger partial charge in [-0.3, -0.25) is 0 Å². The van der Waals surface area contributed by atoms with Crippen molar-refractivity contribution < 1.29 is 52.7 Å². The summed E-state index contributed by atoms with van der Waals surface area (Å²) in [6.45, 7) is 11.4. The minimum atomic E-state index is -5.06. The number of fused-ring (bicyclic) bond motifs is 2. The molecule has 296 valence electrons. The second-order valence-corrected chi connectivity index (χ2v) is 19.8. The van der Waals surface area contributed by atoms with Crippen molar-refractivity contribution in [1.82, 2.24) is 0 Å². The Morgan fingerprint density at radius 3 is 1.54 bits per heavy atom. The van der Waals surface area contributed by atoms with Gasteiger partial charge in [-0.25, -0.2) is 0 Å². The molecule has 0 saturated carbocycles. The van der Waals surface area contributed by atoms with Crippen LogP contribution >= 0.6 is 0 Å². The monoisotopic (exact) mass is 808 g/mol. The van der Waals surface area contributed by atoms with Gasteiger partial charge in [-0.2, -0.15) is 52.7 Å². The molecule has 4 aromatic rings. The standard InChI is InChI=1S/C43H36F12Si/c1-7-23-17-31-30(24-13-26(40(44,45)46)18-27(14-24)41(47,48)49)10-20(4)11-32(31)35(23)34-22(6)39-36(37-33(34)12-21(5)38(37)56(39,8-2)9-3)25-15-28(42(50,51)52)19-29(16-25)43(53,54)55/h10-11,13-19,35H,7-9,12H2,1-6H3. The number of alkyl halides is 12. The number of hydrogen-bond donors (Lipinski definition) is 0. The van der Waals surface area contributed by atoms with E-state index >= 15 is 0 Å². The Labute approximate surface area is 317 Å². The predicted molar refractivity (Wildman–Crippen MR) is 196 cm³/mol. The smallest absolute Gasteiger partial charge is 0.166 e. The van der Waals surface area contributed by atoms with Gasteiger partial charge in [-0.15, -0.1) is 0 Å². The molecule has 2 bridgehead atoms. The third-order valence-corrected chi connectivity index (χ3v) is 17.7. The molecule has 1 unspecified atom stereocenters. The van der Waals surface area contributed by atoms with Gasteiger partial charge in [0.2, 0.25) is 0 Å². The minimum absolute atomic E-state index is 0.0907. The van der Waals surface area contributed by atoms with E-state index in [1.165, 1.54) is 0 Å². The van der Waals surface area contributed by atoms with E-state index in [1.54, 1.807) is 13.0 Å². The molecule has 0 N–H and O–H groups in total. The zero-order chi connectivity index (χ0) is 41.2. The van der Waals surface area contributed by atoms with Crippen molar-refractivity contribution in [3.63, 3.8) is 0 Å². The molecule has 1 atom stereocenters. The third kappa shape index (κ3) is 6.05. The fourth-order valence-corrected chi connectivity index (χ4v) is 15.2. The quantitative estimate of drug-likeness (QED) is 0.134. The maximum atomic E-state index is 14.2. The van der Waals surface area contributed by atoms with Gasteiger partial charge in [0.15, 0.2) is 0 Å². The Morgan fingerprint density at radius 2 is 1.09 bits per heavy atom. The molecule has 1 heterocycles. The van der Waals surface area contributed by atoms with E-state index in [4.69, 9.17) is 0 Å². The van der Waals surface area contributed by atoms with Gasteiger partial charge in [0.1, 0.15) is 8.07 Å². The maximum absolute atomic E-state index is 14.2. The van der Waals surface area contributed by atoms with Crippen molar-refractivity contribution in [3.8, 4) is 22.3 Å². The number of rotatable bonds is 6. The van der Waals surface area contributed by atoms with E-state index in [0.717, 1.165) is 50.4 Å². The van der Waals surface area contributed by atoms with E-state index in [-0.39, 0.29) is 28.8 Å². The molecule has 3 aliphatic rings. The largest absolute Gasteiger partial charge is 0.416 e. The molecule has 0 spiro atoms. The predicted octanol–water partition coefficient (Wildman–Crippen LogP) is 14.2. The third-order valence-electron chi connectivity index (χ3n) is 12.0. The average molecular weight is 809 g/mol. The molecule has 0 fully saturated rings. The van der Waals surface area contributed by atoms with Gasteiger partial charge in [0, 0.05) is 5.92 Å². The highest BCUT2D eigenvalue weighted by Gasteiger charge is 2.53. The van der Waals surface area contributed by atoms with Crippen molar-refractivity contribution in [2.24, 2.45) is 0 Å². The normalized spacial score (nSPS) is 17.6. The Bertz CT molecular complexity index is 2310. The Morgan fingerprint density at radius 1 is 0.607 bits per heavy atom. The van der Waals surface area contributed by atoms with E-state index in [2.05, 4.69) is 0 Å². The van der Waals surface area contributed by atoms with Crippen LogP contribution < -0.4 is 5.19 Å². The highest BCUT2D eigenvalue weighted by Crippen LogP contribution is 2.58. The molecule has 2 aliphatic carbocycles. The van der Waals surface area contributed by atoms with Gasteiger partial charge >= 0.3 is 24.7 Å². The fourth-order valence-electron chi connectivity index (χ4n) is 9.78. The van der Waals surface area contributed by atoms with Crippen molar-refractivity contribution >= 4 is 24.5 Å². The summed E-state index contributed by atoms with van der Waals surface area (Å²) in [7, 11) is -2.79. The number of benzene rings is 4. The van der Waals surface area contributed by atoms with Crippen LogP contribution in [-0.4, -0.2) is 8.07 Å². The molecule has 7 rings (SSSR count). The molecule has 0 saturated heterocycles. The average Bonchev–Trinajstić information content (AvgIpc) is 3.72. The van der Waals surface area contributed by atoms with Crippen LogP contribution in [0.1, 0.15) is 101 Å². The Kier molecular flexibility index (Phi) is 9.18. The molecule has 0 nitrogen and oxygen atoms in total. The summed E-state index contributed by atoms with van der Waals surface area (Å²) in [5, 5.41) is 1.80. The van der Waals surface area contributed by atoms with Gasteiger partial charge in [-0.1, -0.05) is 67.8 Å². The Balaban J connectivity index is 1.54. The Hall–Kier alpha value is -4.26. The van der Waals surface area contributed by atoms with Gasteiger partial charge in [0.25, 0.3) is 0 Å². The molecule has 0 aromatic heterocycles. The van der Waals surface area contributed by atoms with Crippen molar-refractivity contribution in [2.75, 3.05) is 0 Å². The first-order chi connectivity index (χ1) is 25.9. The molecule has 0 amide bonds. The van der Waals surface area contributed by atoms with Crippen molar-refractivity contribution in [2.45, 2.75) is 97.1 Å². The summed E-state index contributed by atoms with van der Waals surface area (Å²) < 4.78 is 169. The molecule has 13 heteroatoms. The van der Waals surface area contributed by atoms with Crippen molar-refractivity contribution in [3.05, 3.63) is 121 Å². The highest BCUT2D eigenvalue weighted by atomic mass is 28.3. The lowest BCUT2D eigenvalue weighted by Gasteiger charge is -2.32. The van der Waals surface area contributed by atoms with E-state index in [0.29, 0.717) is 64.9 Å². The molecular weight excluding hydrogens is 773 g/mol. The van der Waals surface area contributed by atoms with Crippen LogP contribution in [0, 0.1) is 13.8 Å². The summed E-state index contributed by atoms with van der Waals surface area (Å²) in [6.07, 6.45) is -17.6. The van der Waals surface area contributed by atoms with Crippen molar-refractivity contribution in [1.29, 1.82) is 0 Å². The van der Waals surface area contributed by atoms with E-state index in [9.17, 15) is 52.7 Å². The van der Waals surface area contributed by atoms with E-state index < -0.39 is 61.0 Å². The van der Waals surface area contributed by atoms with Crippen LogP contribution in [-0.2, 0) is 31.1 Å². The van der Waals surface area contributed by atoms with Gasteiger partial charge < -0.3 is 0 Å². The zero-order valence-corrected chi connectivity index (χ0v) is 32.1. The zero-order valence-electron chi connectivity index (χ0n) is 31.1.